The number of sulfonamides is 1. The summed E-state index contributed by atoms with van der Waals surface area (Å²) in [5.74, 6) is 0.366. The summed E-state index contributed by atoms with van der Waals surface area (Å²) < 4.78 is 32.8. The Morgan fingerprint density at radius 3 is 2.48 bits per heavy atom. The van der Waals surface area contributed by atoms with Crippen molar-refractivity contribution in [3.63, 3.8) is 0 Å². The van der Waals surface area contributed by atoms with Crippen LogP contribution in [0.3, 0.4) is 0 Å². The fourth-order valence-corrected chi connectivity index (χ4v) is 4.25. The van der Waals surface area contributed by atoms with Crippen LogP contribution in [0.15, 0.2) is 53.6 Å². The Morgan fingerprint density at radius 2 is 1.88 bits per heavy atom. The first-order valence-corrected chi connectivity index (χ1v) is 9.89. The van der Waals surface area contributed by atoms with Crippen LogP contribution < -0.4 is 9.46 Å². The van der Waals surface area contributed by atoms with Crippen molar-refractivity contribution in [2.24, 2.45) is 0 Å². The van der Waals surface area contributed by atoms with Gasteiger partial charge in [-0.2, -0.15) is 0 Å². The first kappa shape index (κ1) is 17.4. The average Bonchev–Trinajstić information content (AvgIpc) is 3.03. The maximum atomic E-state index is 12.6. The molecule has 0 bridgehead atoms. The SMILES string of the molecule is COc1ccc(S(=O)(=O)Nc2cc(-c3ccc(C)s3)ccc2C)cn1. The lowest BCUT2D eigenvalue weighted by Crippen LogP contribution is -2.14. The molecule has 0 fully saturated rings. The van der Waals surface area contributed by atoms with E-state index in [1.54, 1.807) is 11.3 Å². The average molecular weight is 374 g/mol. The molecule has 0 saturated carbocycles. The van der Waals surface area contributed by atoms with Crippen molar-refractivity contribution >= 4 is 27.0 Å². The minimum absolute atomic E-state index is 0.0880. The number of benzene rings is 1. The van der Waals surface area contributed by atoms with Crippen molar-refractivity contribution in [1.29, 1.82) is 0 Å². The standard InChI is InChI=1S/C18H18N2O3S2/c1-12-4-6-14(17-8-5-13(2)24-17)10-16(12)20-25(21,22)15-7-9-18(23-3)19-11-15/h4-11,20H,1-3H3. The van der Waals surface area contributed by atoms with E-state index in [-0.39, 0.29) is 4.90 Å². The Labute approximate surface area is 151 Å². The van der Waals surface area contributed by atoms with Gasteiger partial charge in [0.25, 0.3) is 10.0 Å². The van der Waals surface area contributed by atoms with E-state index < -0.39 is 10.0 Å². The summed E-state index contributed by atoms with van der Waals surface area (Å²) in [4.78, 5) is 6.35. The molecule has 130 valence electrons. The van der Waals surface area contributed by atoms with Crippen LogP contribution in [0, 0.1) is 13.8 Å². The highest BCUT2D eigenvalue weighted by Crippen LogP contribution is 2.31. The normalized spacial score (nSPS) is 11.3. The fourth-order valence-electron chi connectivity index (χ4n) is 2.33. The van der Waals surface area contributed by atoms with Crippen LogP contribution >= 0.6 is 11.3 Å². The van der Waals surface area contributed by atoms with Gasteiger partial charge in [-0.3, -0.25) is 4.72 Å². The number of anilines is 1. The number of pyridine rings is 1. The maximum absolute atomic E-state index is 12.6. The zero-order valence-corrected chi connectivity index (χ0v) is 15.7. The van der Waals surface area contributed by atoms with Crippen LogP contribution in [0.2, 0.25) is 0 Å². The van der Waals surface area contributed by atoms with Gasteiger partial charge in [-0.25, -0.2) is 13.4 Å². The summed E-state index contributed by atoms with van der Waals surface area (Å²) in [5, 5.41) is 0. The number of ether oxygens (including phenoxy) is 1. The van der Waals surface area contributed by atoms with Gasteiger partial charge in [0.05, 0.1) is 19.0 Å². The molecule has 25 heavy (non-hydrogen) atoms. The van der Waals surface area contributed by atoms with E-state index in [4.69, 9.17) is 4.74 Å². The van der Waals surface area contributed by atoms with Gasteiger partial charge < -0.3 is 4.74 Å². The molecule has 0 saturated heterocycles. The molecule has 1 aromatic carbocycles. The minimum Gasteiger partial charge on any atom is -0.481 e. The second-order valence-electron chi connectivity index (χ2n) is 5.58. The van der Waals surface area contributed by atoms with Gasteiger partial charge >= 0.3 is 0 Å². The fraction of sp³-hybridized carbons (Fsp3) is 0.167. The largest absolute Gasteiger partial charge is 0.481 e. The lowest BCUT2D eigenvalue weighted by atomic mass is 10.1. The summed E-state index contributed by atoms with van der Waals surface area (Å²) in [6.07, 6.45) is 1.28. The monoisotopic (exact) mass is 374 g/mol. The molecule has 0 aliphatic heterocycles. The lowest BCUT2D eigenvalue weighted by Gasteiger charge is -2.12. The number of thiophene rings is 1. The third-order valence-electron chi connectivity index (χ3n) is 3.74. The number of rotatable bonds is 5. The first-order chi connectivity index (χ1) is 11.9. The maximum Gasteiger partial charge on any atom is 0.263 e. The topological polar surface area (TPSA) is 68.3 Å². The third kappa shape index (κ3) is 3.83. The predicted octanol–water partition coefficient (Wildman–Crippen LogP) is 4.24. The quantitative estimate of drug-likeness (QED) is 0.725. The molecule has 5 nitrogen and oxygen atoms in total. The van der Waals surface area contributed by atoms with Gasteiger partial charge in [-0.1, -0.05) is 12.1 Å². The molecule has 2 aromatic heterocycles. The van der Waals surface area contributed by atoms with Crippen molar-refractivity contribution in [3.8, 4) is 16.3 Å². The van der Waals surface area contributed by atoms with E-state index in [1.807, 2.05) is 44.2 Å². The number of methoxy groups -OCH3 is 1. The number of nitrogens with zero attached hydrogens (tertiary/aromatic N) is 1. The molecule has 0 atom stereocenters. The summed E-state index contributed by atoms with van der Waals surface area (Å²) in [5.41, 5.74) is 2.38. The molecule has 3 aromatic rings. The molecule has 0 unspecified atom stereocenters. The molecule has 0 amide bonds. The van der Waals surface area contributed by atoms with Crippen LogP contribution in [-0.4, -0.2) is 20.5 Å². The van der Waals surface area contributed by atoms with Crippen molar-refractivity contribution < 1.29 is 13.2 Å². The van der Waals surface area contributed by atoms with Crippen LogP contribution in [0.4, 0.5) is 5.69 Å². The molecule has 3 rings (SSSR count). The number of nitrogens with one attached hydrogen (secondary N) is 1. The molecular weight excluding hydrogens is 356 g/mol. The van der Waals surface area contributed by atoms with Gasteiger partial charge in [-0.15, -0.1) is 11.3 Å². The van der Waals surface area contributed by atoms with Crippen molar-refractivity contribution in [2.45, 2.75) is 18.7 Å². The Bertz CT molecular complexity index is 993. The van der Waals surface area contributed by atoms with E-state index in [1.165, 1.54) is 30.3 Å². The van der Waals surface area contributed by atoms with E-state index in [2.05, 4.69) is 9.71 Å². The number of aryl methyl sites for hydroxylation is 2. The minimum atomic E-state index is -3.72. The second-order valence-corrected chi connectivity index (χ2v) is 8.55. The number of aromatic nitrogens is 1. The van der Waals surface area contributed by atoms with Crippen molar-refractivity contribution in [1.82, 2.24) is 4.98 Å². The van der Waals surface area contributed by atoms with E-state index in [9.17, 15) is 8.42 Å². The summed E-state index contributed by atoms with van der Waals surface area (Å²) in [7, 11) is -2.24. The van der Waals surface area contributed by atoms with Crippen LogP contribution in [0.25, 0.3) is 10.4 Å². The second kappa shape index (κ2) is 6.85. The van der Waals surface area contributed by atoms with E-state index in [0.29, 0.717) is 11.6 Å². The van der Waals surface area contributed by atoms with E-state index >= 15 is 0 Å². The lowest BCUT2D eigenvalue weighted by molar-refractivity contribution is 0.397. The number of hydrogen-bond acceptors (Lipinski definition) is 5. The Hall–Kier alpha value is -2.38. The Morgan fingerprint density at radius 1 is 1.08 bits per heavy atom. The molecule has 1 N–H and O–H groups in total. The highest BCUT2D eigenvalue weighted by Gasteiger charge is 2.16. The summed E-state index contributed by atoms with van der Waals surface area (Å²) >= 11 is 1.67. The molecule has 7 heteroatoms. The highest BCUT2D eigenvalue weighted by atomic mass is 32.2. The Kier molecular flexibility index (Phi) is 4.78. The van der Waals surface area contributed by atoms with Crippen LogP contribution in [0.1, 0.15) is 10.4 Å². The van der Waals surface area contributed by atoms with Gasteiger partial charge in [0, 0.05) is 15.8 Å². The molecule has 2 heterocycles. The molecule has 0 spiro atoms. The predicted molar refractivity (Wildman–Crippen MR) is 101 cm³/mol. The molecule has 0 radical (unpaired) electrons. The Balaban J connectivity index is 1.93. The van der Waals surface area contributed by atoms with Gasteiger partial charge in [0.2, 0.25) is 5.88 Å². The van der Waals surface area contributed by atoms with E-state index in [0.717, 1.165) is 16.0 Å². The van der Waals surface area contributed by atoms with Crippen LogP contribution in [0.5, 0.6) is 5.88 Å². The zero-order chi connectivity index (χ0) is 18.0. The zero-order valence-electron chi connectivity index (χ0n) is 14.1. The summed E-state index contributed by atoms with van der Waals surface area (Å²) in [6.45, 7) is 3.91. The van der Waals surface area contributed by atoms with Crippen LogP contribution in [-0.2, 0) is 10.0 Å². The van der Waals surface area contributed by atoms with Crippen molar-refractivity contribution in [2.75, 3.05) is 11.8 Å². The van der Waals surface area contributed by atoms with Gasteiger partial charge in [0.15, 0.2) is 0 Å². The molecular formula is C18H18N2O3S2. The summed E-state index contributed by atoms with van der Waals surface area (Å²) in [6, 6.07) is 12.8. The smallest absolute Gasteiger partial charge is 0.263 e. The van der Waals surface area contributed by atoms with Gasteiger partial charge in [0.1, 0.15) is 4.90 Å². The number of hydrogen-bond donors (Lipinski definition) is 1. The highest BCUT2D eigenvalue weighted by molar-refractivity contribution is 7.92. The third-order valence-corrected chi connectivity index (χ3v) is 6.14. The molecule has 0 aliphatic carbocycles. The first-order valence-electron chi connectivity index (χ1n) is 7.59. The van der Waals surface area contributed by atoms with Gasteiger partial charge in [-0.05, 0) is 49.2 Å². The molecule has 0 aliphatic rings. The van der Waals surface area contributed by atoms with Crippen molar-refractivity contribution in [3.05, 3.63) is 59.1 Å².